The summed E-state index contributed by atoms with van der Waals surface area (Å²) in [4.78, 5) is 30.1. The van der Waals surface area contributed by atoms with Gasteiger partial charge in [-0.15, -0.1) is 0 Å². The molecule has 0 spiro atoms. The van der Waals surface area contributed by atoms with Crippen molar-refractivity contribution in [1.82, 2.24) is 4.72 Å². The number of carbonyl (C=O) groups is 1. The SMILES string of the molecule is O=C(Nc1cccc(S(=O)(=O)NC2=NCCCCC2)c1)C1CCN(c2ccccc2[N+](=O)[O-])CC1. The van der Waals surface area contributed by atoms with Crippen LogP contribution in [0.2, 0.25) is 0 Å². The van der Waals surface area contributed by atoms with Gasteiger partial charge in [-0.05, 0) is 49.9 Å². The molecular formula is C24H29N5O5S. The number of hydrogen-bond acceptors (Lipinski definition) is 7. The number of amidine groups is 1. The predicted molar refractivity (Wildman–Crippen MR) is 134 cm³/mol. The van der Waals surface area contributed by atoms with Crippen LogP contribution in [0.5, 0.6) is 0 Å². The summed E-state index contributed by atoms with van der Waals surface area (Å²) < 4.78 is 28.3. The maximum atomic E-state index is 12.9. The molecule has 1 amide bonds. The molecule has 2 N–H and O–H groups in total. The van der Waals surface area contributed by atoms with Crippen molar-refractivity contribution < 1.29 is 18.1 Å². The number of carbonyl (C=O) groups excluding carboxylic acids is 1. The third-order valence-electron chi connectivity index (χ3n) is 6.32. The number of nitro benzene ring substituents is 1. The Balaban J connectivity index is 1.37. The van der Waals surface area contributed by atoms with Crippen LogP contribution in [-0.4, -0.2) is 44.7 Å². The first kappa shape index (κ1) is 24.6. The number of amides is 1. The fourth-order valence-corrected chi connectivity index (χ4v) is 5.56. The number of nitrogens with one attached hydrogen (secondary N) is 2. The number of sulfonamides is 1. The lowest BCUT2D eigenvalue weighted by atomic mass is 9.95. The van der Waals surface area contributed by atoms with E-state index in [4.69, 9.17) is 0 Å². The maximum Gasteiger partial charge on any atom is 0.292 e. The first-order valence-corrected chi connectivity index (χ1v) is 13.3. The van der Waals surface area contributed by atoms with Gasteiger partial charge in [-0.3, -0.25) is 24.6 Å². The summed E-state index contributed by atoms with van der Waals surface area (Å²) in [5, 5.41) is 14.2. The van der Waals surface area contributed by atoms with E-state index >= 15 is 0 Å². The van der Waals surface area contributed by atoms with Crippen molar-refractivity contribution in [2.24, 2.45) is 10.9 Å². The molecule has 0 saturated carbocycles. The molecule has 1 fully saturated rings. The molecule has 11 heteroatoms. The van der Waals surface area contributed by atoms with Crippen LogP contribution in [0.15, 0.2) is 58.4 Å². The fourth-order valence-electron chi connectivity index (χ4n) is 4.43. The van der Waals surface area contributed by atoms with Gasteiger partial charge >= 0.3 is 0 Å². The Morgan fingerprint density at radius 2 is 1.83 bits per heavy atom. The van der Waals surface area contributed by atoms with Crippen LogP contribution in [-0.2, 0) is 14.8 Å². The van der Waals surface area contributed by atoms with Gasteiger partial charge in [0.15, 0.2) is 0 Å². The summed E-state index contributed by atoms with van der Waals surface area (Å²) in [6.07, 6.45) is 4.55. The lowest BCUT2D eigenvalue weighted by Crippen LogP contribution is -2.38. The van der Waals surface area contributed by atoms with Crippen molar-refractivity contribution >= 4 is 38.8 Å². The molecule has 0 unspecified atom stereocenters. The summed E-state index contributed by atoms with van der Waals surface area (Å²) in [7, 11) is -3.80. The van der Waals surface area contributed by atoms with Gasteiger partial charge in [-0.2, -0.15) is 0 Å². The Morgan fingerprint density at radius 3 is 2.60 bits per heavy atom. The average molecular weight is 500 g/mol. The van der Waals surface area contributed by atoms with E-state index in [0.29, 0.717) is 56.1 Å². The van der Waals surface area contributed by atoms with Crippen LogP contribution in [0.1, 0.15) is 38.5 Å². The van der Waals surface area contributed by atoms with Crippen LogP contribution in [0.4, 0.5) is 17.1 Å². The molecule has 35 heavy (non-hydrogen) atoms. The van der Waals surface area contributed by atoms with Gasteiger partial charge in [0.05, 0.1) is 9.82 Å². The maximum absolute atomic E-state index is 12.9. The van der Waals surface area contributed by atoms with E-state index in [2.05, 4.69) is 15.0 Å². The Kier molecular flexibility index (Phi) is 7.64. The first-order chi connectivity index (χ1) is 16.8. The van der Waals surface area contributed by atoms with Crippen molar-refractivity contribution in [2.75, 3.05) is 29.9 Å². The number of rotatable bonds is 6. The van der Waals surface area contributed by atoms with Crippen LogP contribution in [0.25, 0.3) is 0 Å². The number of benzene rings is 2. The van der Waals surface area contributed by atoms with Gasteiger partial charge in [-0.1, -0.05) is 24.6 Å². The second-order valence-electron chi connectivity index (χ2n) is 8.77. The zero-order chi connectivity index (χ0) is 24.8. The first-order valence-electron chi connectivity index (χ1n) is 11.8. The van der Waals surface area contributed by atoms with Crippen molar-refractivity contribution in [3.8, 4) is 0 Å². The standard InChI is InChI=1S/C24H29N5O5S/c30-24(18-12-15-28(16-13-18)21-9-3-4-10-22(21)29(31)32)26-19-7-6-8-20(17-19)35(33,34)27-23-11-2-1-5-14-25-23/h3-4,6-10,17-18H,1-2,5,11-16H2,(H,25,27)(H,26,30). The third kappa shape index (κ3) is 6.16. The molecule has 186 valence electrons. The van der Waals surface area contributed by atoms with Gasteiger partial charge < -0.3 is 10.2 Å². The molecule has 0 radical (unpaired) electrons. The molecule has 2 aromatic rings. The molecule has 2 aliphatic heterocycles. The second-order valence-corrected chi connectivity index (χ2v) is 10.5. The highest BCUT2D eigenvalue weighted by molar-refractivity contribution is 7.90. The molecule has 2 aromatic carbocycles. The van der Waals surface area contributed by atoms with Crippen LogP contribution >= 0.6 is 0 Å². The highest BCUT2D eigenvalue weighted by Crippen LogP contribution is 2.31. The van der Waals surface area contributed by atoms with E-state index in [1.54, 1.807) is 30.3 Å². The van der Waals surface area contributed by atoms with Crippen LogP contribution in [0.3, 0.4) is 0 Å². The van der Waals surface area contributed by atoms with E-state index in [1.165, 1.54) is 18.2 Å². The summed E-state index contributed by atoms with van der Waals surface area (Å²) >= 11 is 0. The summed E-state index contributed by atoms with van der Waals surface area (Å²) in [5.74, 6) is 0.0120. The molecule has 4 rings (SSSR count). The van der Waals surface area contributed by atoms with Gasteiger partial charge in [0.1, 0.15) is 11.5 Å². The molecule has 0 atom stereocenters. The number of nitro groups is 1. The number of piperidine rings is 1. The normalized spacial score (nSPS) is 17.3. The number of anilines is 2. The molecule has 0 aliphatic carbocycles. The molecule has 0 bridgehead atoms. The van der Waals surface area contributed by atoms with E-state index < -0.39 is 14.9 Å². The van der Waals surface area contributed by atoms with Gasteiger partial charge in [0.2, 0.25) is 5.91 Å². The minimum atomic E-state index is -3.80. The van der Waals surface area contributed by atoms with E-state index in [-0.39, 0.29) is 22.4 Å². The quantitative estimate of drug-likeness (QED) is 0.460. The van der Waals surface area contributed by atoms with E-state index in [1.807, 2.05) is 4.90 Å². The van der Waals surface area contributed by atoms with Gasteiger partial charge in [0, 0.05) is 43.7 Å². The zero-order valence-corrected chi connectivity index (χ0v) is 20.2. The third-order valence-corrected chi connectivity index (χ3v) is 7.70. The van der Waals surface area contributed by atoms with Crippen molar-refractivity contribution in [3.63, 3.8) is 0 Å². The number of para-hydroxylation sites is 2. The highest BCUT2D eigenvalue weighted by Gasteiger charge is 2.28. The number of aliphatic imine (C=N–C) groups is 1. The number of hydrogen-bond donors (Lipinski definition) is 2. The fraction of sp³-hybridized carbons (Fsp3) is 0.417. The summed E-state index contributed by atoms with van der Waals surface area (Å²) in [6, 6.07) is 12.8. The monoisotopic (exact) mass is 499 g/mol. The lowest BCUT2D eigenvalue weighted by molar-refractivity contribution is -0.384. The minimum Gasteiger partial charge on any atom is -0.366 e. The molecule has 2 heterocycles. The predicted octanol–water partition coefficient (Wildman–Crippen LogP) is 3.70. The molecule has 1 saturated heterocycles. The smallest absolute Gasteiger partial charge is 0.292 e. The minimum absolute atomic E-state index is 0.0526. The summed E-state index contributed by atoms with van der Waals surface area (Å²) in [6.45, 7) is 1.65. The summed E-state index contributed by atoms with van der Waals surface area (Å²) in [5.41, 5.74) is 1.01. The number of nitrogens with zero attached hydrogens (tertiary/aromatic N) is 3. The Hall–Kier alpha value is -3.47. The van der Waals surface area contributed by atoms with Crippen molar-refractivity contribution in [3.05, 3.63) is 58.6 Å². The van der Waals surface area contributed by atoms with E-state index in [0.717, 1.165) is 19.3 Å². The van der Waals surface area contributed by atoms with Crippen LogP contribution < -0.4 is 14.9 Å². The van der Waals surface area contributed by atoms with Crippen molar-refractivity contribution in [2.45, 2.75) is 43.4 Å². The highest BCUT2D eigenvalue weighted by atomic mass is 32.2. The largest absolute Gasteiger partial charge is 0.366 e. The molecule has 10 nitrogen and oxygen atoms in total. The topological polar surface area (TPSA) is 134 Å². The molecular weight excluding hydrogens is 470 g/mol. The second kappa shape index (κ2) is 10.9. The van der Waals surface area contributed by atoms with Gasteiger partial charge in [0.25, 0.3) is 15.7 Å². The van der Waals surface area contributed by atoms with Crippen LogP contribution in [0, 0.1) is 16.0 Å². The molecule has 0 aromatic heterocycles. The average Bonchev–Trinajstić information content (AvgIpc) is 3.12. The lowest BCUT2D eigenvalue weighted by Gasteiger charge is -2.32. The van der Waals surface area contributed by atoms with Gasteiger partial charge in [-0.25, -0.2) is 8.42 Å². The van der Waals surface area contributed by atoms with Crippen molar-refractivity contribution in [1.29, 1.82) is 0 Å². The Bertz CT molecular complexity index is 1220. The Morgan fingerprint density at radius 1 is 1.06 bits per heavy atom. The van der Waals surface area contributed by atoms with E-state index in [9.17, 15) is 23.3 Å². The Labute approximate surface area is 204 Å². The molecule has 2 aliphatic rings. The zero-order valence-electron chi connectivity index (χ0n) is 19.4.